The highest BCUT2D eigenvalue weighted by Crippen LogP contribution is 2.39. The Hall–Kier alpha value is -4.10. The first kappa shape index (κ1) is 22.1. The van der Waals surface area contributed by atoms with Gasteiger partial charge in [0.2, 0.25) is 5.78 Å². The van der Waals surface area contributed by atoms with Crippen LogP contribution in [-0.2, 0) is 0 Å². The Bertz CT molecular complexity index is 1350. The number of rotatable bonds is 4. The van der Waals surface area contributed by atoms with E-state index in [-0.39, 0.29) is 17.3 Å². The first-order valence-corrected chi connectivity index (χ1v) is 10.7. The van der Waals surface area contributed by atoms with Gasteiger partial charge in [0.1, 0.15) is 5.75 Å². The molecule has 4 rings (SSSR count). The van der Waals surface area contributed by atoms with E-state index in [1.165, 1.54) is 0 Å². The van der Waals surface area contributed by atoms with E-state index in [0.717, 1.165) is 11.1 Å². The van der Waals surface area contributed by atoms with Crippen LogP contribution in [0.15, 0.2) is 78.0 Å². The zero-order valence-corrected chi connectivity index (χ0v) is 19.2. The number of nitrogens with one attached hydrogen (secondary N) is 1. The van der Waals surface area contributed by atoms with Gasteiger partial charge in [0, 0.05) is 27.8 Å². The summed E-state index contributed by atoms with van der Waals surface area (Å²) in [5.41, 5.74) is 3.78. The van der Waals surface area contributed by atoms with Gasteiger partial charge in [0.15, 0.2) is 5.78 Å². The maximum atomic E-state index is 13.5. The minimum Gasteiger partial charge on any atom is -0.496 e. The molecule has 0 atom stereocenters. The normalized spacial score (nSPS) is 13.4. The molecule has 1 N–H and O–H groups in total. The molecule has 3 aromatic rings. The lowest BCUT2D eigenvalue weighted by Gasteiger charge is -2.30. The number of para-hydroxylation sites is 1. The SMILES string of the molecule is C#Cc1c(NC2=C(C(C)(C)C)C(=O)c3ccccc3C2=O)cccc1-c1ccccc1OC. The van der Waals surface area contributed by atoms with E-state index in [2.05, 4.69) is 11.2 Å². The molecule has 0 spiro atoms. The molecular weight excluding hydrogens is 410 g/mol. The average Bonchev–Trinajstić information content (AvgIpc) is 2.81. The molecule has 0 bridgehead atoms. The number of ketones is 2. The molecule has 0 aromatic heterocycles. The summed E-state index contributed by atoms with van der Waals surface area (Å²) < 4.78 is 5.52. The summed E-state index contributed by atoms with van der Waals surface area (Å²) in [6.45, 7) is 5.78. The summed E-state index contributed by atoms with van der Waals surface area (Å²) in [7, 11) is 1.61. The van der Waals surface area contributed by atoms with Gasteiger partial charge >= 0.3 is 0 Å². The average molecular weight is 436 g/mol. The third kappa shape index (κ3) is 3.83. The molecule has 0 saturated heterocycles. The van der Waals surface area contributed by atoms with E-state index in [9.17, 15) is 9.59 Å². The molecule has 3 aromatic carbocycles. The monoisotopic (exact) mass is 435 g/mol. The molecular formula is C29H25NO3. The number of Topliss-reactive ketones (excluding diaryl/α,β-unsaturated/α-hetero) is 2. The number of anilines is 1. The van der Waals surface area contributed by atoms with E-state index < -0.39 is 5.41 Å². The fourth-order valence-corrected chi connectivity index (χ4v) is 4.25. The molecule has 0 aliphatic heterocycles. The van der Waals surface area contributed by atoms with Crippen molar-refractivity contribution in [2.24, 2.45) is 5.41 Å². The number of carbonyl (C=O) groups excluding carboxylic acids is 2. The van der Waals surface area contributed by atoms with Gasteiger partial charge in [-0.3, -0.25) is 9.59 Å². The number of hydrogen-bond acceptors (Lipinski definition) is 4. The van der Waals surface area contributed by atoms with Crippen molar-refractivity contribution in [2.45, 2.75) is 20.8 Å². The van der Waals surface area contributed by atoms with E-state index >= 15 is 0 Å². The number of allylic oxidation sites excluding steroid dienone is 2. The summed E-state index contributed by atoms with van der Waals surface area (Å²) in [4.78, 5) is 27.0. The number of hydrogen-bond donors (Lipinski definition) is 1. The van der Waals surface area contributed by atoms with E-state index in [4.69, 9.17) is 11.2 Å². The van der Waals surface area contributed by atoms with Crippen LogP contribution in [0.3, 0.4) is 0 Å². The van der Waals surface area contributed by atoms with Gasteiger partial charge in [-0.15, -0.1) is 6.42 Å². The van der Waals surface area contributed by atoms with Crippen LogP contribution in [0.4, 0.5) is 5.69 Å². The van der Waals surface area contributed by atoms with Gasteiger partial charge in [-0.05, 0) is 17.5 Å². The van der Waals surface area contributed by atoms with Crippen molar-refractivity contribution in [2.75, 3.05) is 12.4 Å². The molecule has 0 unspecified atom stereocenters. The minimum atomic E-state index is -0.556. The van der Waals surface area contributed by atoms with Gasteiger partial charge in [0.05, 0.1) is 24.1 Å². The molecule has 0 radical (unpaired) electrons. The maximum Gasteiger partial charge on any atom is 0.210 e. The van der Waals surface area contributed by atoms with Crippen LogP contribution >= 0.6 is 0 Å². The molecule has 164 valence electrons. The molecule has 4 heteroatoms. The minimum absolute atomic E-state index is 0.150. The lowest BCUT2D eigenvalue weighted by atomic mass is 9.75. The molecule has 4 nitrogen and oxygen atoms in total. The van der Waals surface area contributed by atoms with Crippen LogP contribution in [0, 0.1) is 17.8 Å². The Labute approximate surface area is 194 Å². The topological polar surface area (TPSA) is 55.4 Å². The highest BCUT2D eigenvalue weighted by Gasteiger charge is 2.38. The van der Waals surface area contributed by atoms with Gasteiger partial charge < -0.3 is 10.1 Å². The third-order valence-corrected chi connectivity index (χ3v) is 5.74. The summed E-state index contributed by atoms with van der Waals surface area (Å²) in [6.07, 6.45) is 5.95. The third-order valence-electron chi connectivity index (χ3n) is 5.74. The van der Waals surface area contributed by atoms with E-state index in [1.54, 1.807) is 31.4 Å². The van der Waals surface area contributed by atoms with Crippen LogP contribution in [0.1, 0.15) is 47.1 Å². The zero-order valence-electron chi connectivity index (χ0n) is 19.2. The van der Waals surface area contributed by atoms with Crippen LogP contribution in [-0.4, -0.2) is 18.7 Å². The number of benzene rings is 3. The molecule has 1 aliphatic rings. The fraction of sp³-hybridized carbons (Fsp3) is 0.172. The summed E-state index contributed by atoms with van der Waals surface area (Å²) in [6, 6.07) is 20.1. The molecule has 0 fully saturated rings. The molecule has 0 heterocycles. The number of methoxy groups -OCH3 is 1. The fourth-order valence-electron chi connectivity index (χ4n) is 4.25. The predicted octanol–water partition coefficient (Wildman–Crippen LogP) is 6.13. The second-order valence-corrected chi connectivity index (χ2v) is 8.90. The Kier molecular flexibility index (Phi) is 5.66. The number of fused-ring (bicyclic) bond motifs is 1. The highest BCUT2D eigenvalue weighted by molar-refractivity contribution is 6.28. The Balaban J connectivity index is 1.90. The zero-order chi connectivity index (χ0) is 23.8. The second kappa shape index (κ2) is 8.44. The first-order chi connectivity index (χ1) is 15.8. The first-order valence-electron chi connectivity index (χ1n) is 10.7. The van der Waals surface area contributed by atoms with Crippen molar-refractivity contribution in [3.05, 3.63) is 94.7 Å². The van der Waals surface area contributed by atoms with Crippen molar-refractivity contribution in [3.8, 4) is 29.2 Å². The van der Waals surface area contributed by atoms with Gasteiger partial charge in [-0.1, -0.05) is 81.3 Å². The van der Waals surface area contributed by atoms with Crippen LogP contribution in [0.2, 0.25) is 0 Å². The molecule has 33 heavy (non-hydrogen) atoms. The smallest absolute Gasteiger partial charge is 0.210 e. The van der Waals surface area contributed by atoms with Crippen molar-refractivity contribution in [1.29, 1.82) is 0 Å². The molecule has 0 amide bonds. The van der Waals surface area contributed by atoms with Crippen LogP contribution in [0.5, 0.6) is 5.75 Å². The lowest BCUT2D eigenvalue weighted by Crippen LogP contribution is -2.32. The van der Waals surface area contributed by atoms with Crippen molar-refractivity contribution in [3.63, 3.8) is 0 Å². The predicted molar refractivity (Wildman–Crippen MR) is 132 cm³/mol. The van der Waals surface area contributed by atoms with E-state index in [0.29, 0.717) is 33.7 Å². The van der Waals surface area contributed by atoms with Crippen molar-refractivity contribution < 1.29 is 14.3 Å². The Morgan fingerprint density at radius 3 is 1.97 bits per heavy atom. The second-order valence-electron chi connectivity index (χ2n) is 8.90. The molecule has 1 aliphatic carbocycles. The number of carbonyl (C=O) groups is 2. The summed E-state index contributed by atoms with van der Waals surface area (Å²) >= 11 is 0. The van der Waals surface area contributed by atoms with Gasteiger partial charge in [0.25, 0.3) is 0 Å². The lowest BCUT2D eigenvalue weighted by molar-refractivity contribution is 0.0958. The number of ether oxygens (including phenoxy) is 1. The van der Waals surface area contributed by atoms with Crippen molar-refractivity contribution >= 4 is 17.3 Å². The summed E-state index contributed by atoms with van der Waals surface area (Å²) in [5.74, 6) is 3.09. The molecule has 0 saturated carbocycles. The van der Waals surface area contributed by atoms with Crippen molar-refractivity contribution in [1.82, 2.24) is 0 Å². The maximum absolute atomic E-state index is 13.5. The number of terminal acetylenes is 1. The van der Waals surface area contributed by atoms with Gasteiger partial charge in [-0.2, -0.15) is 0 Å². The summed E-state index contributed by atoms with van der Waals surface area (Å²) in [5, 5.41) is 3.25. The Morgan fingerprint density at radius 1 is 0.788 bits per heavy atom. The highest BCUT2D eigenvalue weighted by atomic mass is 16.5. The van der Waals surface area contributed by atoms with Crippen LogP contribution in [0.25, 0.3) is 11.1 Å². The standard InChI is InChI=1S/C29H25NO3/c1-6-18-19(20-12-9-10-17-24(20)33-5)15-11-16-23(18)30-26-25(29(2,3)4)27(31)21-13-7-8-14-22(21)28(26)32/h1,7-17,30H,2-5H3. The van der Waals surface area contributed by atoms with Crippen LogP contribution < -0.4 is 10.1 Å². The van der Waals surface area contributed by atoms with E-state index in [1.807, 2.05) is 63.2 Å². The Morgan fingerprint density at radius 2 is 1.36 bits per heavy atom. The quantitative estimate of drug-likeness (QED) is 0.501. The largest absolute Gasteiger partial charge is 0.496 e. The van der Waals surface area contributed by atoms with Gasteiger partial charge in [-0.25, -0.2) is 0 Å².